The standard InChI is InChI=1S/C11H11NO5S/c1-6(2)12-10(13)8-4-3-7(11(14)15)5-9(8)18(12,16)17/h3-6H,1-2H3,(H,14,15). The second kappa shape index (κ2) is 3.81. The molecule has 0 atom stereocenters. The molecule has 0 saturated carbocycles. The molecule has 0 aliphatic carbocycles. The Hall–Kier alpha value is -1.89. The summed E-state index contributed by atoms with van der Waals surface area (Å²) in [7, 11) is -3.93. The highest BCUT2D eigenvalue weighted by Crippen LogP contribution is 2.32. The third-order valence-corrected chi connectivity index (χ3v) is 4.66. The van der Waals surface area contributed by atoms with Gasteiger partial charge in [0.15, 0.2) is 0 Å². The Morgan fingerprint density at radius 3 is 2.44 bits per heavy atom. The zero-order valence-electron chi connectivity index (χ0n) is 9.75. The number of amides is 1. The molecule has 1 heterocycles. The molecule has 1 N–H and O–H groups in total. The van der Waals surface area contributed by atoms with Gasteiger partial charge in [0.1, 0.15) is 4.90 Å². The van der Waals surface area contributed by atoms with Gasteiger partial charge in [0.25, 0.3) is 15.9 Å². The van der Waals surface area contributed by atoms with Crippen molar-refractivity contribution in [3.8, 4) is 0 Å². The minimum Gasteiger partial charge on any atom is -0.478 e. The number of hydrogen-bond donors (Lipinski definition) is 1. The first-order valence-electron chi connectivity index (χ1n) is 5.23. The Kier molecular flexibility index (Phi) is 2.66. The maximum absolute atomic E-state index is 12.1. The van der Waals surface area contributed by atoms with Crippen molar-refractivity contribution in [1.82, 2.24) is 4.31 Å². The van der Waals surface area contributed by atoms with E-state index in [9.17, 15) is 18.0 Å². The summed E-state index contributed by atoms with van der Waals surface area (Å²) in [5.41, 5.74) is -0.135. The lowest BCUT2D eigenvalue weighted by Crippen LogP contribution is -2.36. The van der Waals surface area contributed by atoms with Crippen LogP contribution in [0.5, 0.6) is 0 Å². The van der Waals surface area contributed by atoms with Crippen molar-refractivity contribution in [3.05, 3.63) is 29.3 Å². The number of carbonyl (C=O) groups is 2. The molecular formula is C11H11NO5S. The Labute approximate surface area is 104 Å². The summed E-state index contributed by atoms with van der Waals surface area (Å²) < 4.78 is 25.0. The van der Waals surface area contributed by atoms with Gasteiger partial charge < -0.3 is 5.11 Å². The Balaban J connectivity index is 2.70. The number of nitrogens with zero attached hydrogens (tertiary/aromatic N) is 1. The van der Waals surface area contributed by atoms with Crippen LogP contribution in [-0.2, 0) is 10.0 Å². The summed E-state index contributed by atoms with van der Waals surface area (Å²) in [6.07, 6.45) is 0. The minimum atomic E-state index is -3.93. The van der Waals surface area contributed by atoms with Crippen molar-refractivity contribution < 1.29 is 23.1 Å². The Bertz CT molecular complexity index is 647. The van der Waals surface area contributed by atoms with Gasteiger partial charge in [0.2, 0.25) is 0 Å². The van der Waals surface area contributed by atoms with Crippen LogP contribution in [0, 0.1) is 0 Å². The van der Waals surface area contributed by atoms with Crippen molar-refractivity contribution in [3.63, 3.8) is 0 Å². The predicted octanol–water partition coefficient (Wildman–Crippen LogP) is 0.938. The lowest BCUT2D eigenvalue weighted by molar-refractivity contribution is 0.0695. The molecule has 1 aliphatic heterocycles. The van der Waals surface area contributed by atoms with E-state index in [1.165, 1.54) is 12.1 Å². The van der Waals surface area contributed by atoms with Crippen LogP contribution in [0.3, 0.4) is 0 Å². The molecule has 96 valence electrons. The number of sulfonamides is 1. The highest BCUT2D eigenvalue weighted by Gasteiger charge is 2.42. The monoisotopic (exact) mass is 269 g/mol. The van der Waals surface area contributed by atoms with Gasteiger partial charge in [0, 0.05) is 6.04 Å². The zero-order chi connectivity index (χ0) is 13.7. The first kappa shape index (κ1) is 12.6. The van der Waals surface area contributed by atoms with Gasteiger partial charge >= 0.3 is 5.97 Å². The molecule has 1 amide bonds. The molecule has 0 radical (unpaired) electrons. The molecule has 7 heteroatoms. The van der Waals surface area contributed by atoms with Crippen LogP contribution in [0.25, 0.3) is 0 Å². The Morgan fingerprint density at radius 1 is 1.33 bits per heavy atom. The molecule has 1 aliphatic rings. The topological polar surface area (TPSA) is 91.8 Å². The van der Waals surface area contributed by atoms with Crippen LogP contribution in [-0.4, -0.2) is 35.7 Å². The third kappa shape index (κ3) is 1.59. The van der Waals surface area contributed by atoms with E-state index in [0.29, 0.717) is 0 Å². The summed E-state index contributed by atoms with van der Waals surface area (Å²) in [5, 5.41) is 8.83. The highest BCUT2D eigenvalue weighted by atomic mass is 32.2. The molecule has 0 saturated heterocycles. The summed E-state index contributed by atoms with van der Waals surface area (Å²) in [6.45, 7) is 3.17. The molecule has 6 nitrogen and oxygen atoms in total. The van der Waals surface area contributed by atoms with Crippen LogP contribution < -0.4 is 0 Å². The van der Waals surface area contributed by atoms with E-state index in [0.717, 1.165) is 10.4 Å². The van der Waals surface area contributed by atoms with E-state index >= 15 is 0 Å². The first-order chi connectivity index (χ1) is 8.26. The largest absolute Gasteiger partial charge is 0.478 e. The van der Waals surface area contributed by atoms with E-state index in [4.69, 9.17) is 5.11 Å². The molecule has 18 heavy (non-hydrogen) atoms. The van der Waals surface area contributed by atoms with E-state index in [-0.39, 0.29) is 16.0 Å². The van der Waals surface area contributed by atoms with Crippen LogP contribution in [0.1, 0.15) is 34.6 Å². The molecule has 0 aromatic heterocycles. The molecular weight excluding hydrogens is 258 g/mol. The Morgan fingerprint density at radius 2 is 1.94 bits per heavy atom. The molecule has 0 bridgehead atoms. The fourth-order valence-electron chi connectivity index (χ4n) is 1.89. The van der Waals surface area contributed by atoms with E-state index in [1.54, 1.807) is 13.8 Å². The molecule has 0 spiro atoms. The third-order valence-electron chi connectivity index (χ3n) is 2.67. The smallest absolute Gasteiger partial charge is 0.335 e. The normalized spacial score (nSPS) is 17.1. The van der Waals surface area contributed by atoms with Crippen LogP contribution in [0.15, 0.2) is 23.1 Å². The van der Waals surface area contributed by atoms with Crippen molar-refractivity contribution >= 4 is 21.9 Å². The van der Waals surface area contributed by atoms with Crippen LogP contribution >= 0.6 is 0 Å². The lowest BCUT2D eigenvalue weighted by atomic mass is 10.1. The minimum absolute atomic E-state index is 0.0219. The summed E-state index contributed by atoms with van der Waals surface area (Å²) in [4.78, 5) is 22.5. The lowest BCUT2D eigenvalue weighted by Gasteiger charge is -2.18. The fourth-order valence-corrected chi connectivity index (χ4v) is 3.68. The van der Waals surface area contributed by atoms with E-state index in [2.05, 4.69) is 0 Å². The number of benzene rings is 1. The average Bonchev–Trinajstić information content (AvgIpc) is 2.46. The number of fused-ring (bicyclic) bond motifs is 1. The average molecular weight is 269 g/mol. The molecule has 0 fully saturated rings. The van der Waals surface area contributed by atoms with Crippen LogP contribution in [0.2, 0.25) is 0 Å². The maximum Gasteiger partial charge on any atom is 0.335 e. The number of carboxylic acid groups (broad SMARTS) is 1. The second-order valence-corrected chi connectivity index (χ2v) is 6.00. The predicted molar refractivity (Wildman–Crippen MR) is 61.9 cm³/mol. The number of hydrogen-bond acceptors (Lipinski definition) is 4. The molecule has 2 rings (SSSR count). The van der Waals surface area contributed by atoms with Gasteiger partial charge in [-0.15, -0.1) is 0 Å². The van der Waals surface area contributed by atoms with E-state index < -0.39 is 27.9 Å². The van der Waals surface area contributed by atoms with Crippen molar-refractivity contribution in [2.45, 2.75) is 24.8 Å². The number of rotatable bonds is 2. The van der Waals surface area contributed by atoms with Gasteiger partial charge in [-0.2, -0.15) is 0 Å². The second-order valence-electron chi connectivity index (χ2n) is 4.22. The van der Waals surface area contributed by atoms with E-state index in [1.807, 2.05) is 0 Å². The number of carbonyl (C=O) groups excluding carboxylic acids is 1. The van der Waals surface area contributed by atoms with Gasteiger partial charge in [-0.3, -0.25) is 4.79 Å². The fraction of sp³-hybridized carbons (Fsp3) is 0.273. The molecule has 0 unspecified atom stereocenters. The van der Waals surface area contributed by atoms with Crippen molar-refractivity contribution in [1.29, 1.82) is 0 Å². The molecule has 1 aromatic rings. The summed E-state index contributed by atoms with van der Waals surface area (Å²) >= 11 is 0. The number of carboxylic acids is 1. The highest BCUT2D eigenvalue weighted by molar-refractivity contribution is 7.90. The summed E-state index contributed by atoms with van der Waals surface area (Å²) in [5.74, 6) is -1.85. The molecule has 1 aromatic carbocycles. The van der Waals surface area contributed by atoms with Crippen molar-refractivity contribution in [2.75, 3.05) is 0 Å². The van der Waals surface area contributed by atoms with Gasteiger partial charge in [-0.1, -0.05) is 0 Å². The SMILES string of the molecule is CC(C)N1C(=O)c2ccc(C(=O)O)cc2S1(=O)=O. The first-order valence-corrected chi connectivity index (χ1v) is 6.67. The summed E-state index contributed by atoms with van der Waals surface area (Å²) in [6, 6.07) is 2.97. The maximum atomic E-state index is 12.1. The van der Waals surface area contributed by atoms with Gasteiger partial charge in [-0.25, -0.2) is 17.5 Å². The zero-order valence-corrected chi connectivity index (χ0v) is 10.6. The van der Waals surface area contributed by atoms with Crippen LogP contribution in [0.4, 0.5) is 0 Å². The number of aromatic carboxylic acids is 1. The van der Waals surface area contributed by atoms with Crippen molar-refractivity contribution in [2.24, 2.45) is 0 Å². The quantitative estimate of drug-likeness (QED) is 0.862. The van der Waals surface area contributed by atoms with Gasteiger partial charge in [-0.05, 0) is 32.0 Å². The van der Waals surface area contributed by atoms with Gasteiger partial charge in [0.05, 0.1) is 11.1 Å².